The van der Waals surface area contributed by atoms with Gasteiger partial charge in [-0.2, -0.15) is 5.26 Å². The number of thioether (sulfide) groups is 1. The van der Waals surface area contributed by atoms with Gasteiger partial charge in [0.25, 0.3) is 0 Å². The smallest absolute Gasteiger partial charge is 0.134 e. The fraction of sp³-hybridized carbons (Fsp3) is 0.333. The molecule has 4 nitrogen and oxygen atoms in total. The van der Waals surface area contributed by atoms with Crippen LogP contribution in [0.2, 0.25) is 5.15 Å². The zero-order chi connectivity index (χ0) is 20.9. The normalized spacial score (nSPS) is 15.8. The van der Waals surface area contributed by atoms with E-state index in [0.29, 0.717) is 10.7 Å². The highest BCUT2D eigenvalue weighted by molar-refractivity contribution is 7.98. The maximum atomic E-state index is 8.96. The molecule has 30 heavy (non-hydrogen) atoms. The topological polar surface area (TPSA) is 43.2 Å². The fourth-order valence-corrected chi connectivity index (χ4v) is 4.57. The van der Waals surface area contributed by atoms with E-state index in [1.165, 1.54) is 10.5 Å². The molecule has 6 heteroatoms. The molecule has 154 valence electrons. The molecule has 3 aromatic rings. The SMILES string of the molecule is CSc1ccc2cc(CN3CCCN(Cc4ccc(C#N)cc4)CC3)c(Cl)nc2c1. The Hall–Kier alpha value is -2.10. The summed E-state index contributed by atoms with van der Waals surface area (Å²) in [6.07, 6.45) is 3.20. The predicted molar refractivity (Wildman–Crippen MR) is 125 cm³/mol. The van der Waals surface area contributed by atoms with Crippen LogP contribution in [0.3, 0.4) is 0 Å². The van der Waals surface area contributed by atoms with E-state index in [9.17, 15) is 0 Å². The summed E-state index contributed by atoms with van der Waals surface area (Å²) in [5.74, 6) is 0. The minimum atomic E-state index is 0.611. The first kappa shape index (κ1) is 21.1. The van der Waals surface area contributed by atoms with Gasteiger partial charge in [0.05, 0.1) is 17.1 Å². The van der Waals surface area contributed by atoms with Crippen LogP contribution >= 0.6 is 23.4 Å². The van der Waals surface area contributed by atoms with Crippen molar-refractivity contribution in [3.8, 4) is 6.07 Å². The average Bonchev–Trinajstić information content (AvgIpc) is 2.99. The van der Waals surface area contributed by atoms with E-state index in [-0.39, 0.29) is 0 Å². The van der Waals surface area contributed by atoms with E-state index in [4.69, 9.17) is 16.9 Å². The van der Waals surface area contributed by atoms with Crippen molar-refractivity contribution in [2.24, 2.45) is 0 Å². The highest BCUT2D eigenvalue weighted by Gasteiger charge is 2.17. The summed E-state index contributed by atoms with van der Waals surface area (Å²) in [5.41, 5.74) is 4.03. The van der Waals surface area contributed by atoms with Crippen molar-refractivity contribution in [1.29, 1.82) is 5.26 Å². The van der Waals surface area contributed by atoms with Crippen molar-refractivity contribution in [3.05, 3.63) is 70.4 Å². The van der Waals surface area contributed by atoms with Crippen LogP contribution in [0.5, 0.6) is 0 Å². The molecular weight excluding hydrogens is 412 g/mol. The molecule has 2 heterocycles. The molecule has 1 saturated heterocycles. The maximum absolute atomic E-state index is 8.96. The third-order valence-corrected chi connectivity index (χ3v) is 6.67. The van der Waals surface area contributed by atoms with Crippen molar-refractivity contribution >= 4 is 34.3 Å². The molecular formula is C24H25ClN4S. The molecule has 0 N–H and O–H groups in total. The summed E-state index contributed by atoms with van der Waals surface area (Å²) in [7, 11) is 0. The lowest BCUT2D eigenvalue weighted by molar-refractivity contribution is 0.247. The number of aromatic nitrogens is 1. The largest absolute Gasteiger partial charge is 0.298 e. The molecule has 2 aromatic carbocycles. The summed E-state index contributed by atoms with van der Waals surface area (Å²) in [6.45, 7) is 5.93. The van der Waals surface area contributed by atoms with Gasteiger partial charge in [-0.25, -0.2) is 4.98 Å². The van der Waals surface area contributed by atoms with Crippen molar-refractivity contribution < 1.29 is 0 Å². The van der Waals surface area contributed by atoms with Crippen LogP contribution in [0.25, 0.3) is 10.9 Å². The Morgan fingerprint density at radius 2 is 1.73 bits per heavy atom. The molecule has 0 atom stereocenters. The quantitative estimate of drug-likeness (QED) is 0.406. The zero-order valence-electron chi connectivity index (χ0n) is 17.1. The Morgan fingerprint density at radius 3 is 2.43 bits per heavy atom. The van der Waals surface area contributed by atoms with Gasteiger partial charge in [-0.1, -0.05) is 29.8 Å². The molecule has 0 aliphatic carbocycles. The number of hydrogen-bond acceptors (Lipinski definition) is 5. The molecule has 0 unspecified atom stereocenters. The van der Waals surface area contributed by atoms with Gasteiger partial charge in [0.1, 0.15) is 5.15 Å². The summed E-state index contributed by atoms with van der Waals surface area (Å²) >= 11 is 8.26. The van der Waals surface area contributed by atoms with Crippen molar-refractivity contribution in [3.63, 3.8) is 0 Å². The van der Waals surface area contributed by atoms with E-state index in [2.05, 4.69) is 63.5 Å². The monoisotopic (exact) mass is 436 g/mol. The number of pyridine rings is 1. The molecule has 1 aromatic heterocycles. The number of halogens is 1. The summed E-state index contributed by atoms with van der Waals surface area (Å²) < 4.78 is 0. The first-order valence-electron chi connectivity index (χ1n) is 10.2. The Morgan fingerprint density at radius 1 is 1.00 bits per heavy atom. The van der Waals surface area contributed by atoms with Gasteiger partial charge in [0, 0.05) is 42.0 Å². The summed E-state index contributed by atoms with van der Waals surface area (Å²) in [5, 5.41) is 10.7. The number of rotatable bonds is 5. The van der Waals surface area contributed by atoms with Crippen molar-refractivity contribution in [2.45, 2.75) is 24.4 Å². The highest BCUT2D eigenvalue weighted by Crippen LogP contribution is 2.26. The summed E-state index contributed by atoms with van der Waals surface area (Å²) in [6, 6.07) is 18.7. The predicted octanol–water partition coefficient (Wildman–Crippen LogP) is 5.19. The number of nitriles is 1. The van der Waals surface area contributed by atoms with Crippen LogP contribution in [0.15, 0.2) is 53.4 Å². The minimum Gasteiger partial charge on any atom is -0.298 e. The van der Waals surface area contributed by atoms with Crippen molar-refractivity contribution in [1.82, 2.24) is 14.8 Å². The van der Waals surface area contributed by atoms with E-state index in [1.54, 1.807) is 11.8 Å². The molecule has 0 bridgehead atoms. The van der Waals surface area contributed by atoms with Gasteiger partial charge in [-0.15, -0.1) is 11.8 Å². The van der Waals surface area contributed by atoms with Gasteiger partial charge >= 0.3 is 0 Å². The number of hydrogen-bond donors (Lipinski definition) is 0. The first-order valence-corrected chi connectivity index (χ1v) is 11.8. The lowest BCUT2D eigenvalue weighted by Crippen LogP contribution is -2.30. The van der Waals surface area contributed by atoms with Gasteiger partial charge in [-0.3, -0.25) is 9.80 Å². The Balaban J connectivity index is 1.39. The fourth-order valence-electron chi connectivity index (χ4n) is 3.93. The third kappa shape index (κ3) is 5.14. The molecule has 1 aliphatic rings. The van der Waals surface area contributed by atoms with E-state index >= 15 is 0 Å². The molecule has 1 aliphatic heterocycles. The van der Waals surface area contributed by atoms with Crippen LogP contribution in [0.4, 0.5) is 0 Å². The van der Waals surface area contributed by atoms with E-state index in [1.807, 2.05) is 12.1 Å². The standard InChI is InChI=1S/C24H25ClN4S/c1-30-22-8-7-20-13-21(24(25)27-23(20)14-22)17-29-10-2-9-28(11-12-29)16-19-5-3-18(15-26)4-6-19/h3-8,13-14H,2,9-12,16-17H2,1H3. The van der Waals surface area contributed by atoms with Crippen molar-refractivity contribution in [2.75, 3.05) is 32.4 Å². The number of fused-ring (bicyclic) bond motifs is 1. The molecule has 0 saturated carbocycles. The molecule has 0 radical (unpaired) electrons. The Kier molecular flexibility index (Phi) is 6.91. The zero-order valence-corrected chi connectivity index (χ0v) is 18.7. The average molecular weight is 437 g/mol. The number of benzene rings is 2. The van der Waals surface area contributed by atoms with Gasteiger partial charge in [-0.05, 0) is 61.7 Å². The van der Waals surface area contributed by atoms with E-state index < -0.39 is 0 Å². The second-order valence-electron chi connectivity index (χ2n) is 7.71. The second kappa shape index (κ2) is 9.80. The summed E-state index contributed by atoms with van der Waals surface area (Å²) in [4.78, 5) is 10.8. The second-order valence-corrected chi connectivity index (χ2v) is 8.95. The first-order chi connectivity index (χ1) is 14.6. The van der Waals surface area contributed by atoms with E-state index in [0.717, 1.165) is 62.2 Å². The minimum absolute atomic E-state index is 0.611. The Labute approximate surface area is 187 Å². The molecule has 1 fully saturated rings. The van der Waals surface area contributed by atoms with Crippen LogP contribution in [-0.2, 0) is 13.1 Å². The molecule has 0 amide bonds. The Bertz CT molecular complexity index is 1060. The van der Waals surface area contributed by atoms with Crippen LogP contribution in [-0.4, -0.2) is 47.2 Å². The van der Waals surface area contributed by atoms with Gasteiger partial charge in [0.2, 0.25) is 0 Å². The maximum Gasteiger partial charge on any atom is 0.134 e. The van der Waals surface area contributed by atoms with Gasteiger partial charge in [0.15, 0.2) is 0 Å². The highest BCUT2D eigenvalue weighted by atomic mass is 35.5. The molecule has 0 spiro atoms. The van der Waals surface area contributed by atoms with Crippen LogP contribution in [0, 0.1) is 11.3 Å². The lowest BCUT2D eigenvalue weighted by Gasteiger charge is -2.22. The van der Waals surface area contributed by atoms with Gasteiger partial charge < -0.3 is 0 Å². The van der Waals surface area contributed by atoms with Crippen LogP contribution in [0.1, 0.15) is 23.1 Å². The van der Waals surface area contributed by atoms with Crippen LogP contribution < -0.4 is 0 Å². The third-order valence-electron chi connectivity index (χ3n) is 5.62. The molecule has 4 rings (SSSR count). The lowest BCUT2D eigenvalue weighted by atomic mass is 10.1. The number of nitrogens with zero attached hydrogens (tertiary/aromatic N) is 4.